The van der Waals surface area contributed by atoms with Crippen LogP contribution in [0.1, 0.15) is 39.0 Å². The van der Waals surface area contributed by atoms with Crippen molar-refractivity contribution < 1.29 is 13.3 Å². The monoisotopic (exact) mass is 367 g/mol. The molecule has 0 bridgehead atoms. The number of anilines is 1. The van der Waals surface area contributed by atoms with Gasteiger partial charge in [0.1, 0.15) is 5.69 Å². The number of nitro benzene ring substituents is 1. The Labute approximate surface area is 148 Å². The highest BCUT2D eigenvalue weighted by atomic mass is 32.2. The molecule has 0 N–H and O–H groups in total. The Bertz CT molecular complexity index is 736. The third-order valence-corrected chi connectivity index (χ3v) is 7.12. The second-order valence-electron chi connectivity index (χ2n) is 7.04. The maximum Gasteiger partial charge on any atom is 0.293 e. The Morgan fingerprint density at radius 1 is 1.08 bits per heavy atom. The minimum absolute atomic E-state index is 0.0234. The van der Waals surface area contributed by atoms with Gasteiger partial charge < -0.3 is 4.90 Å². The molecule has 2 saturated heterocycles. The van der Waals surface area contributed by atoms with Crippen molar-refractivity contribution in [2.45, 2.75) is 43.9 Å². The molecular formula is C17H25N3O4S. The van der Waals surface area contributed by atoms with Crippen LogP contribution in [0, 0.1) is 16.0 Å². The van der Waals surface area contributed by atoms with E-state index in [-0.39, 0.29) is 10.6 Å². The lowest BCUT2D eigenvalue weighted by Crippen LogP contribution is -2.36. The average Bonchev–Trinajstić information content (AvgIpc) is 2.62. The SMILES string of the molecule is CC1CCN(c2ccc(S(=O)(=O)N3CCCCC3)cc2[N+](=O)[O-])CC1. The molecule has 25 heavy (non-hydrogen) atoms. The van der Waals surface area contributed by atoms with Gasteiger partial charge in [-0.2, -0.15) is 4.31 Å². The van der Waals surface area contributed by atoms with E-state index in [4.69, 9.17) is 0 Å². The van der Waals surface area contributed by atoms with E-state index in [1.807, 2.05) is 4.90 Å². The van der Waals surface area contributed by atoms with E-state index >= 15 is 0 Å². The molecule has 0 aromatic heterocycles. The Kier molecular flexibility index (Phi) is 5.29. The van der Waals surface area contributed by atoms with E-state index in [0.717, 1.165) is 45.2 Å². The van der Waals surface area contributed by atoms with E-state index in [1.54, 1.807) is 6.07 Å². The summed E-state index contributed by atoms with van der Waals surface area (Å²) in [7, 11) is -3.66. The summed E-state index contributed by atoms with van der Waals surface area (Å²) in [6, 6.07) is 4.35. The van der Waals surface area contributed by atoms with Gasteiger partial charge in [0.2, 0.25) is 10.0 Å². The molecule has 7 nitrogen and oxygen atoms in total. The van der Waals surface area contributed by atoms with Crippen LogP contribution in [-0.4, -0.2) is 43.8 Å². The lowest BCUT2D eigenvalue weighted by molar-refractivity contribution is -0.384. The molecule has 0 radical (unpaired) electrons. The predicted molar refractivity (Wildman–Crippen MR) is 96.3 cm³/mol. The van der Waals surface area contributed by atoms with E-state index in [0.29, 0.717) is 24.7 Å². The van der Waals surface area contributed by atoms with Gasteiger partial charge in [0, 0.05) is 32.2 Å². The summed E-state index contributed by atoms with van der Waals surface area (Å²) in [5, 5.41) is 11.6. The van der Waals surface area contributed by atoms with Crippen molar-refractivity contribution >= 4 is 21.4 Å². The van der Waals surface area contributed by atoms with Crippen molar-refractivity contribution in [1.82, 2.24) is 4.31 Å². The first-order valence-electron chi connectivity index (χ1n) is 8.93. The fourth-order valence-corrected chi connectivity index (χ4v) is 5.12. The molecule has 1 aromatic carbocycles. The second-order valence-corrected chi connectivity index (χ2v) is 8.98. The smallest absolute Gasteiger partial charge is 0.293 e. The molecule has 2 heterocycles. The van der Waals surface area contributed by atoms with Crippen LogP contribution in [0.2, 0.25) is 0 Å². The van der Waals surface area contributed by atoms with Gasteiger partial charge in [0.05, 0.1) is 9.82 Å². The van der Waals surface area contributed by atoms with Crippen molar-refractivity contribution in [2.24, 2.45) is 5.92 Å². The highest BCUT2D eigenvalue weighted by Crippen LogP contribution is 2.34. The quantitative estimate of drug-likeness (QED) is 0.603. The number of nitrogens with zero attached hydrogens (tertiary/aromatic N) is 3. The number of hydrogen-bond donors (Lipinski definition) is 0. The number of piperidine rings is 2. The molecule has 0 amide bonds. The summed E-state index contributed by atoms with van der Waals surface area (Å²) in [5.74, 6) is 0.619. The molecule has 0 aliphatic carbocycles. The molecule has 0 atom stereocenters. The highest BCUT2D eigenvalue weighted by Gasteiger charge is 2.30. The van der Waals surface area contributed by atoms with E-state index in [9.17, 15) is 18.5 Å². The van der Waals surface area contributed by atoms with Gasteiger partial charge in [0.25, 0.3) is 5.69 Å². The van der Waals surface area contributed by atoms with Crippen molar-refractivity contribution in [2.75, 3.05) is 31.1 Å². The van der Waals surface area contributed by atoms with Gasteiger partial charge in [-0.15, -0.1) is 0 Å². The van der Waals surface area contributed by atoms with Crippen molar-refractivity contribution in [3.05, 3.63) is 28.3 Å². The fraction of sp³-hybridized carbons (Fsp3) is 0.647. The van der Waals surface area contributed by atoms with Crippen LogP contribution in [0.15, 0.2) is 23.1 Å². The normalized spacial score (nSPS) is 20.6. The highest BCUT2D eigenvalue weighted by molar-refractivity contribution is 7.89. The number of benzene rings is 1. The van der Waals surface area contributed by atoms with E-state index in [1.165, 1.54) is 16.4 Å². The molecular weight excluding hydrogens is 342 g/mol. The molecule has 0 saturated carbocycles. The summed E-state index contributed by atoms with van der Waals surface area (Å²) >= 11 is 0. The minimum Gasteiger partial charge on any atom is -0.366 e. The summed E-state index contributed by atoms with van der Waals surface area (Å²) in [6.45, 7) is 4.68. The maximum absolute atomic E-state index is 12.8. The Balaban J connectivity index is 1.92. The first kappa shape index (κ1) is 18.1. The maximum atomic E-state index is 12.8. The minimum atomic E-state index is -3.66. The lowest BCUT2D eigenvalue weighted by Gasteiger charge is -2.32. The van der Waals surface area contributed by atoms with Crippen LogP contribution in [0.25, 0.3) is 0 Å². The number of sulfonamides is 1. The van der Waals surface area contributed by atoms with Crippen molar-refractivity contribution in [3.8, 4) is 0 Å². The van der Waals surface area contributed by atoms with Crippen LogP contribution in [-0.2, 0) is 10.0 Å². The zero-order valence-corrected chi connectivity index (χ0v) is 15.4. The Hall–Kier alpha value is -1.67. The topological polar surface area (TPSA) is 83.8 Å². The van der Waals surface area contributed by atoms with Crippen LogP contribution >= 0.6 is 0 Å². The van der Waals surface area contributed by atoms with Crippen LogP contribution in [0.3, 0.4) is 0 Å². The molecule has 0 spiro atoms. The van der Waals surface area contributed by atoms with Crippen LogP contribution in [0.4, 0.5) is 11.4 Å². The van der Waals surface area contributed by atoms with Gasteiger partial charge in [-0.1, -0.05) is 13.3 Å². The largest absolute Gasteiger partial charge is 0.366 e. The van der Waals surface area contributed by atoms with Crippen LogP contribution in [0.5, 0.6) is 0 Å². The zero-order chi connectivity index (χ0) is 18.0. The molecule has 8 heteroatoms. The molecule has 138 valence electrons. The van der Waals surface area contributed by atoms with Gasteiger partial charge in [-0.25, -0.2) is 8.42 Å². The number of rotatable bonds is 4. The molecule has 2 fully saturated rings. The van der Waals surface area contributed by atoms with Crippen LogP contribution < -0.4 is 4.90 Å². The molecule has 2 aliphatic rings. The number of hydrogen-bond acceptors (Lipinski definition) is 5. The lowest BCUT2D eigenvalue weighted by atomic mass is 9.98. The van der Waals surface area contributed by atoms with Crippen molar-refractivity contribution in [3.63, 3.8) is 0 Å². The van der Waals surface area contributed by atoms with Gasteiger partial charge in [-0.05, 0) is 43.7 Å². The van der Waals surface area contributed by atoms with Gasteiger partial charge in [-0.3, -0.25) is 10.1 Å². The molecule has 0 unspecified atom stereocenters. The van der Waals surface area contributed by atoms with Gasteiger partial charge in [0.15, 0.2) is 0 Å². The second kappa shape index (κ2) is 7.29. The first-order chi connectivity index (χ1) is 11.9. The van der Waals surface area contributed by atoms with E-state index < -0.39 is 14.9 Å². The van der Waals surface area contributed by atoms with E-state index in [2.05, 4.69) is 6.92 Å². The third kappa shape index (κ3) is 3.79. The fourth-order valence-electron chi connectivity index (χ4n) is 3.58. The van der Waals surface area contributed by atoms with Crippen molar-refractivity contribution in [1.29, 1.82) is 0 Å². The summed E-state index contributed by atoms with van der Waals surface area (Å²) in [5.41, 5.74) is 0.405. The third-order valence-electron chi connectivity index (χ3n) is 5.22. The first-order valence-corrected chi connectivity index (χ1v) is 10.4. The summed E-state index contributed by atoms with van der Waals surface area (Å²) in [6.07, 6.45) is 4.69. The Morgan fingerprint density at radius 3 is 2.32 bits per heavy atom. The molecule has 2 aliphatic heterocycles. The zero-order valence-electron chi connectivity index (χ0n) is 14.6. The predicted octanol–water partition coefficient (Wildman–Crippen LogP) is 3.01. The Morgan fingerprint density at radius 2 is 1.72 bits per heavy atom. The van der Waals surface area contributed by atoms with Gasteiger partial charge >= 0.3 is 0 Å². The number of nitro groups is 1. The molecule has 3 rings (SSSR count). The molecule has 1 aromatic rings. The summed E-state index contributed by atoms with van der Waals surface area (Å²) < 4.78 is 27.0. The standard InChI is InChI=1S/C17H25N3O4S/c1-14-7-11-18(12-8-14)16-6-5-15(13-17(16)20(21)22)25(23,24)19-9-3-2-4-10-19/h5-6,13-14H,2-4,7-12H2,1H3. The average molecular weight is 367 g/mol. The summed E-state index contributed by atoms with van der Waals surface area (Å²) in [4.78, 5) is 13.1.